The van der Waals surface area contributed by atoms with E-state index < -0.39 is 243 Å². The maximum atomic E-state index is 14.2. The van der Waals surface area contributed by atoms with Gasteiger partial charge in [-0.1, -0.05) is 41.5 Å². The highest BCUT2D eigenvalue weighted by atomic mass is 16.4. The number of fused-ring (bicyclic) bond motifs is 2. The van der Waals surface area contributed by atoms with Crippen molar-refractivity contribution in [2.45, 2.75) is 217 Å². The van der Waals surface area contributed by atoms with E-state index in [1.165, 1.54) is 6.92 Å². The molecular formula is C60H98N16O21. The van der Waals surface area contributed by atoms with Crippen LogP contribution in [0.2, 0.25) is 0 Å². The van der Waals surface area contributed by atoms with Gasteiger partial charge in [0.15, 0.2) is 0 Å². The van der Waals surface area contributed by atoms with Gasteiger partial charge >= 0.3 is 11.9 Å². The zero-order valence-corrected chi connectivity index (χ0v) is 56.0. The highest BCUT2D eigenvalue weighted by molar-refractivity contribution is 6.01. The number of rotatable bonds is 18. The lowest BCUT2D eigenvalue weighted by Gasteiger charge is -2.31. The van der Waals surface area contributed by atoms with Crippen molar-refractivity contribution >= 4 is 101 Å². The molecule has 97 heavy (non-hydrogen) atoms. The first-order valence-corrected chi connectivity index (χ1v) is 32.4. The van der Waals surface area contributed by atoms with Gasteiger partial charge in [0, 0.05) is 25.9 Å². The predicted octanol–water partition coefficient (Wildman–Crippen LogP) is -7.45. The summed E-state index contributed by atoms with van der Waals surface area (Å²) in [7, 11) is 0. The Kier molecular flexibility index (Phi) is 33.7. The van der Waals surface area contributed by atoms with Gasteiger partial charge in [-0.25, -0.2) is 0 Å². The van der Waals surface area contributed by atoms with E-state index in [0.717, 1.165) is 16.7 Å². The molecule has 20 N–H and O–H groups in total. The Balaban J connectivity index is 2.10. The number of hydrogen-bond donors (Lipinski definition) is 18. The van der Waals surface area contributed by atoms with Gasteiger partial charge in [0.25, 0.3) is 0 Å². The molecule has 0 spiro atoms. The van der Waals surface area contributed by atoms with E-state index in [-0.39, 0.29) is 70.5 Å². The first-order chi connectivity index (χ1) is 45.5. The Morgan fingerprint density at radius 1 is 0.464 bits per heavy atom. The number of nitrogens with one attached hydrogen (secondary N) is 12. The van der Waals surface area contributed by atoms with Gasteiger partial charge in [0.05, 0.1) is 26.2 Å². The molecule has 37 heteroatoms. The second-order valence-electron chi connectivity index (χ2n) is 25.3. The van der Waals surface area contributed by atoms with E-state index in [9.17, 15) is 102 Å². The van der Waals surface area contributed by atoms with E-state index in [1.807, 2.05) is 0 Å². The van der Waals surface area contributed by atoms with Crippen molar-refractivity contribution in [3.8, 4) is 0 Å². The summed E-state index contributed by atoms with van der Waals surface area (Å²) >= 11 is 0. The Bertz CT molecular complexity index is 2880. The molecule has 0 aromatic heterocycles. The van der Waals surface area contributed by atoms with Gasteiger partial charge in [-0.2, -0.15) is 0 Å². The molecule has 3 saturated heterocycles. The number of amides is 15. The number of primary amides is 1. The van der Waals surface area contributed by atoms with Crippen molar-refractivity contribution in [1.82, 2.24) is 73.6 Å². The number of carbonyl (C=O) groups is 17. The molecule has 0 bridgehead atoms. The van der Waals surface area contributed by atoms with Gasteiger partial charge in [-0.05, 0) is 102 Å². The van der Waals surface area contributed by atoms with Crippen molar-refractivity contribution in [3.63, 3.8) is 0 Å². The van der Waals surface area contributed by atoms with E-state index in [0.29, 0.717) is 6.42 Å². The zero-order valence-electron chi connectivity index (χ0n) is 56.0. The molecule has 13 atom stereocenters. The number of unbranched alkanes of at least 4 members (excludes halogenated alkanes) is 1. The van der Waals surface area contributed by atoms with E-state index in [1.54, 1.807) is 41.5 Å². The lowest BCUT2D eigenvalue weighted by molar-refractivity contribution is -0.143. The maximum Gasteiger partial charge on any atom is 0.305 e. The quantitative estimate of drug-likeness (QED) is 0.0567. The molecule has 0 aliphatic carbocycles. The third-order valence-corrected chi connectivity index (χ3v) is 16.2. The van der Waals surface area contributed by atoms with Gasteiger partial charge in [0.1, 0.15) is 78.5 Å². The van der Waals surface area contributed by atoms with Gasteiger partial charge in [0.2, 0.25) is 88.6 Å². The van der Waals surface area contributed by atoms with Gasteiger partial charge in [-0.3, -0.25) is 81.5 Å². The molecule has 3 aliphatic heterocycles. The molecule has 3 heterocycles. The Labute approximate surface area is 560 Å². The summed E-state index contributed by atoms with van der Waals surface area (Å²) in [6.45, 7) is 9.36. The molecular weight excluding hydrogens is 1280 g/mol. The molecule has 0 aromatic rings. The summed E-state index contributed by atoms with van der Waals surface area (Å²) in [4.78, 5) is 233. The molecule has 3 aliphatic rings. The average Bonchev–Trinajstić information content (AvgIpc) is 1.75. The summed E-state index contributed by atoms with van der Waals surface area (Å²) < 4.78 is 0. The van der Waals surface area contributed by atoms with Crippen LogP contribution in [0.1, 0.15) is 139 Å². The fourth-order valence-electron chi connectivity index (χ4n) is 10.8. The van der Waals surface area contributed by atoms with Crippen molar-refractivity contribution in [2.75, 3.05) is 39.4 Å². The normalized spacial score (nSPS) is 27.8. The monoisotopic (exact) mass is 1380 g/mol. The maximum absolute atomic E-state index is 14.2. The van der Waals surface area contributed by atoms with Crippen molar-refractivity contribution in [3.05, 3.63) is 0 Å². The largest absolute Gasteiger partial charge is 0.481 e. The number of aliphatic carboxylic acids is 2. The first-order valence-electron chi connectivity index (χ1n) is 32.4. The molecule has 3 fully saturated rings. The molecule has 0 aromatic carbocycles. The van der Waals surface area contributed by atoms with E-state index >= 15 is 0 Å². The number of aliphatic hydroxyl groups is 2. The number of carboxylic acid groups (broad SMARTS) is 2. The van der Waals surface area contributed by atoms with Crippen LogP contribution in [0.3, 0.4) is 0 Å². The molecule has 0 radical (unpaired) electrons. The molecule has 37 nitrogen and oxygen atoms in total. The minimum atomic E-state index is -2.11. The Hall–Kier alpha value is -9.13. The Morgan fingerprint density at radius 3 is 1.33 bits per heavy atom. The fourth-order valence-corrected chi connectivity index (χ4v) is 10.8. The molecule has 15 amide bonds. The van der Waals surface area contributed by atoms with Crippen molar-refractivity contribution in [2.24, 2.45) is 29.2 Å². The van der Waals surface area contributed by atoms with Gasteiger partial charge in [-0.15, -0.1) is 0 Å². The molecule has 544 valence electrons. The summed E-state index contributed by atoms with van der Waals surface area (Å²) in [6, 6.07) is -20.4. The second-order valence-corrected chi connectivity index (χ2v) is 25.3. The van der Waals surface area contributed by atoms with Crippen LogP contribution < -0.4 is 75.3 Å². The van der Waals surface area contributed by atoms with Crippen molar-refractivity contribution < 1.29 is 102 Å². The van der Waals surface area contributed by atoms with Crippen LogP contribution in [-0.4, -0.2) is 249 Å². The second kappa shape index (κ2) is 39.8. The van der Waals surface area contributed by atoms with E-state index in [2.05, 4.69) is 63.8 Å². The van der Waals surface area contributed by atoms with Crippen LogP contribution >= 0.6 is 0 Å². The molecule has 0 unspecified atom stereocenters. The number of carboxylic acids is 2. The zero-order chi connectivity index (χ0) is 73.1. The fraction of sp³-hybridized carbons (Fsp3) is 0.717. The van der Waals surface area contributed by atoms with Crippen LogP contribution in [0.4, 0.5) is 0 Å². The third kappa shape index (κ3) is 26.1. The number of carbonyl (C=O) groups excluding carboxylic acids is 15. The summed E-state index contributed by atoms with van der Waals surface area (Å²) in [6.07, 6.45) is -2.79. The minimum Gasteiger partial charge on any atom is -0.481 e. The predicted molar refractivity (Wildman–Crippen MR) is 339 cm³/mol. The Morgan fingerprint density at radius 2 is 0.866 bits per heavy atom. The average molecular weight is 1380 g/mol. The summed E-state index contributed by atoms with van der Waals surface area (Å²) in [5, 5.41) is 69.0. The van der Waals surface area contributed by atoms with Gasteiger partial charge < -0.3 is 105 Å². The van der Waals surface area contributed by atoms with Crippen LogP contribution in [0.25, 0.3) is 0 Å². The number of nitrogens with two attached hydrogens (primary N) is 2. The van der Waals surface area contributed by atoms with Crippen LogP contribution in [0, 0.1) is 17.8 Å². The minimum absolute atomic E-state index is 0.0105. The lowest BCUT2D eigenvalue weighted by atomic mass is 9.98. The highest BCUT2D eigenvalue weighted by Crippen LogP contribution is 2.22. The van der Waals surface area contributed by atoms with Crippen LogP contribution in [0.5, 0.6) is 0 Å². The number of nitrogens with zero attached hydrogens (tertiary/aromatic N) is 2. The topological polar surface area (TPSA) is 574 Å². The number of aliphatic hydroxyl groups excluding tert-OH is 2. The molecule has 0 saturated carbocycles. The standard InChI is InChI=1S/C60H98N16O21/c1-28(2)23-36-54(91)73-47(30(5)6)58(95)74-46(29(3)4)57(94)63-25-43(80)66-38(26-77)59(96)75-21-11-14-40(75)55(92)69-33(13-9-10-20-61)50(87)64-31(7)48(85)67-34(16-18-42(62)79)52(89)70-37(24-45(83)84)53(90)68-35(17-19-44(81)82)51(88)65-32(8)49(86)72-39(27-78)60(97)76-22-12-15-41(76)56(93)71-36/h28-41,46-47,77-78H,9-27,61H2,1-8H3,(H2,62,79)(H,63,94)(H,64,87)(H,65,88)(H,66,80)(H,67,85)(H,68,90)(H,69,92)(H,70,89)(H,71,93)(H,72,86)(H,73,91)(H,74,95)(H,81,82)(H,83,84)/t31-,32-,33-,34-,35-,36-,37-,38-,39-,40-,41-,46-,47-/m0/s1. The smallest absolute Gasteiger partial charge is 0.305 e. The number of hydrogen-bond acceptors (Lipinski definition) is 20. The van der Waals surface area contributed by atoms with Crippen molar-refractivity contribution in [1.29, 1.82) is 0 Å². The SMILES string of the molecule is CC(C)C[C@@H]1NC(=O)[C@@H]2CCCN2C(=O)[C@H](CO)NC(=O)[C@H](C)NC(=O)[C@H](CCC(=O)O)NC(=O)[C@H](CC(=O)O)NC(=O)[C@H](CCC(N)=O)NC(=O)[C@H](C)NC(=O)[C@H](CCCCN)NC(=O)[C@@H]2CCCN2C(=O)[C@H](CO)NC(=O)CNC(=O)[C@H](C(C)C)NC(=O)[C@H](C(C)C)NC1=O. The summed E-state index contributed by atoms with van der Waals surface area (Å²) in [5.74, 6) is -19.9. The summed E-state index contributed by atoms with van der Waals surface area (Å²) in [5.41, 5.74) is 11.1. The van der Waals surface area contributed by atoms with Crippen LogP contribution in [-0.2, 0) is 81.5 Å². The first kappa shape index (κ1) is 82.1. The third-order valence-electron chi connectivity index (χ3n) is 16.2. The van der Waals surface area contributed by atoms with E-state index in [4.69, 9.17) is 11.5 Å². The van der Waals surface area contributed by atoms with Crippen LogP contribution in [0.15, 0.2) is 0 Å². The lowest BCUT2D eigenvalue weighted by Crippen LogP contribution is -2.61. The molecule has 3 rings (SSSR count). The highest BCUT2D eigenvalue weighted by Gasteiger charge is 2.43.